The SMILES string of the molecule is C#CCNc1nc(C(=O)O)co1. The van der Waals surface area contributed by atoms with Crippen LogP contribution in [0.4, 0.5) is 6.01 Å². The number of rotatable bonds is 3. The highest BCUT2D eigenvalue weighted by atomic mass is 16.4. The third-order valence-corrected chi connectivity index (χ3v) is 1.06. The summed E-state index contributed by atoms with van der Waals surface area (Å²) in [5.41, 5.74) is -0.144. The highest BCUT2D eigenvalue weighted by molar-refractivity contribution is 5.85. The Morgan fingerprint density at radius 3 is 3.17 bits per heavy atom. The molecule has 0 bridgehead atoms. The molecule has 0 aromatic carbocycles. The Morgan fingerprint density at radius 2 is 2.67 bits per heavy atom. The maximum Gasteiger partial charge on any atom is 0.357 e. The lowest BCUT2D eigenvalue weighted by Gasteiger charge is -1.90. The minimum Gasteiger partial charge on any atom is -0.476 e. The predicted octanol–water partition coefficient (Wildman–Crippen LogP) is 0.418. The van der Waals surface area contributed by atoms with Crippen molar-refractivity contribution in [2.75, 3.05) is 11.9 Å². The third-order valence-electron chi connectivity index (χ3n) is 1.06. The van der Waals surface area contributed by atoms with Gasteiger partial charge in [0.15, 0.2) is 5.69 Å². The fraction of sp³-hybridized carbons (Fsp3) is 0.143. The number of nitrogens with zero attached hydrogens (tertiary/aromatic N) is 1. The van der Waals surface area contributed by atoms with Gasteiger partial charge in [0.05, 0.1) is 6.54 Å². The lowest BCUT2D eigenvalue weighted by molar-refractivity contribution is 0.0690. The first-order valence-electron chi connectivity index (χ1n) is 3.10. The first-order valence-corrected chi connectivity index (χ1v) is 3.10. The number of terminal acetylenes is 1. The van der Waals surface area contributed by atoms with E-state index in [0.29, 0.717) is 0 Å². The maximum absolute atomic E-state index is 10.3. The predicted molar refractivity (Wildman–Crippen MR) is 40.8 cm³/mol. The maximum atomic E-state index is 10.3. The van der Waals surface area contributed by atoms with Crippen LogP contribution < -0.4 is 5.32 Å². The molecule has 1 rings (SSSR count). The fourth-order valence-corrected chi connectivity index (χ4v) is 0.580. The van der Waals surface area contributed by atoms with Gasteiger partial charge in [-0.2, -0.15) is 4.98 Å². The molecule has 0 aliphatic carbocycles. The topological polar surface area (TPSA) is 75.4 Å². The molecule has 0 atom stereocenters. The third kappa shape index (κ3) is 1.76. The summed E-state index contributed by atoms with van der Waals surface area (Å²) in [5.74, 6) is 1.16. The summed E-state index contributed by atoms with van der Waals surface area (Å²) in [4.78, 5) is 13.9. The van der Waals surface area contributed by atoms with Crippen molar-refractivity contribution >= 4 is 12.0 Å². The molecule has 1 aromatic rings. The van der Waals surface area contributed by atoms with E-state index in [4.69, 9.17) is 15.9 Å². The van der Waals surface area contributed by atoms with Crippen molar-refractivity contribution in [2.45, 2.75) is 0 Å². The summed E-state index contributed by atoms with van der Waals surface area (Å²) in [6, 6.07) is 0.116. The molecule has 62 valence electrons. The average Bonchev–Trinajstić information content (AvgIpc) is 2.48. The molecule has 0 aliphatic rings. The van der Waals surface area contributed by atoms with Crippen LogP contribution in [0, 0.1) is 12.3 Å². The largest absolute Gasteiger partial charge is 0.476 e. The molecule has 12 heavy (non-hydrogen) atoms. The zero-order valence-electron chi connectivity index (χ0n) is 6.07. The zero-order chi connectivity index (χ0) is 8.97. The van der Waals surface area contributed by atoms with Gasteiger partial charge in [-0.15, -0.1) is 6.42 Å². The Kier molecular flexibility index (Phi) is 2.33. The van der Waals surface area contributed by atoms with Crippen molar-refractivity contribution in [1.29, 1.82) is 0 Å². The van der Waals surface area contributed by atoms with E-state index in [-0.39, 0.29) is 18.3 Å². The summed E-state index contributed by atoms with van der Waals surface area (Å²) in [6.45, 7) is 0.250. The zero-order valence-corrected chi connectivity index (χ0v) is 6.07. The van der Waals surface area contributed by atoms with Crippen molar-refractivity contribution in [2.24, 2.45) is 0 Å². The molecule has 0 saturated carbocycles. The quantitative estimate of drug-likeness (QED) is 0.636. The second kappa shape index (κ2) is 3.44. The van der Waals surface area contributed by atoms with E-state index in [1.165, 1.54) is 0 Å². The Bertz CT molecular complexity index is 324. The minimum absolute atomic E-state index is 0.116. The number of anilines is 1. The number of aromatic nitrogens is 1. The van der Waals surface area contributed by atoms with Crippen LogP contribution in [0.5, 0.6) is 0 Å². The molecule has 0 amide bonds. The molecule has 0 aliphatic heterocycles. The van der Waals surface area contributed by atoms with Gasteiger partial charge in [0.1, 0.15) is 6.26 Å². The van der Waals surface area contributed by atoms with Crippen LogP contribution in [0.25, 0.3) is 0 Å². The van der Waals surface area contributed by atoms with Gasteiger partial charge in [-0.05, 0) is 0 Å². The lowest BCUT2D eigenvalue weighted by atomic mass is 10.5. The number of nitrogens with one attached hydrogen (secondary N) is 1. The van der Waals surface area contributed by atoms with Crippen LogP contribution in [0.2, 0.25) is 0 Å². The van der Waals surface area contributed by atoms with E-state index in [0.717, 1.165) is 6.26 Å². The summed E-state index contributed by atoms with van der Waals surface area (Å²) >= 11 is 0. The number of carbonyl (C=O) groups is 1. The second-order valence-corrected chi connectivity index (χ2v) is 1.90. The van der Waals surface area contributed by atoms with Crippen molar-refractivity contribution in [3.63, 3.8) is 0 Å². The molecule has 5 heteroatoms. The van der Waals surface area contributed by atoms with Crippen molar-refractivity contribution in [1.82, 2.24) is 4.98 Å². The smallest absolute Gasteiger partial charge is 0.357 e. The molecule has 0 fully saturated rings. The van der Waals surface area contributed by atoms with E-state index in [9.17, 15) is 4.79 Å². The number of carboxylic acids is 1. The Balaban J connectivity index is 2.66. The summed E-state index contributed by atoms with van der Waals surface area (Å²) in [7, 11) is 0. The summed E-state index contributed by atoms with van der Waals surface area (Å²) < 4.78 is 4.73. The van der Waals surface area contributed by atoms with E-state index >= 15 is 0 Å². The molecular formula is C7H6N2O3. The van der Waals surface area contributed by atoms with Crippen molar-refractivity contribution in [3.05, 3.63) is 12.0 Å². The Hall–Kier alpha value is -1.96. The van der Waals surface area contributed by atoms with Crippen LogP contribution in [0.3, 0.4) is 0 Å². The van der Waals surface area contributed by atoms with Crippen molar-refractivity contribution < 1.29 is 14.3 Å². The van der Waals surface area contributed by atoms with Gasteiger partial charge in [0.2, 0.25) is 0 Å². The molecule has 1 aromatic heterocycles. The van der Waals surface area contributed by atoms with Crippen molar-refractivity contribution in [3.8, 4) is 12.3 Å². The van der Waals surface area contributed by atoms with Gasteiger partial charge in [-0.3, -0.25) is 0 Å². The number of carboxylic acid groups (broad SMARTS) is 1. The van der Waals surface area contributed by atoms with Gasteiger partial charge in [-0.25, -0.2) is 4.79 Å². The number of oxazole rings is 1. The van der Waals surface area contributed by atoms with E-state index in [1.807, 2.05) is 0 Å². The van der Waals surface area contributed by atoms with Crippen LogP contribution in [-0.2, 0) is 0 Å². The number of hydrogen-bond donors (Lipinski definition) is 2. The lowest BCUT2D eigenvalue weighted by Crippen LogP contribution is -2.00. The summed E-state index contributed by atoms with van der Waals surface area (Å²) in [6.07, 6.45) is 5.99. The van der Waals surface area contributed by atoms with Gasteiger partial charge in [0.25, 0.3) is 6.01 Å². The van der Waals surface area contributed by atoms with E-state index in [1.54, 1.807) is 0 Å². The standard InChI is InChI=1S/C7H6N2O3/c1-2-3-8-7-9-5(4-12-7)6(10)11/h1,4H,3H2,(H,8,9)(H,10,11). The Labute approximate surface area is 68.4 Å². The molecular weight excluding hydrogens is 160 g/mol. The second-order valence-electron chi connectivity index (χ2n) is 1.90. The molecule has 0 saturated heterocycles. The van der Waals surface area contributed by atoms with Crippen LogP contribution in [-0.4, -0.2) is 22.6 Å². The number of aromatic carboxylic acids is 1. The van der Waals surface area contributed by atoms with E-state index < -0.39 is 5.97 Å². The van der Waals surface area contributed by atoms with Gasteiger partial charge in [0, 0.05) is 0 Å². The molecule has 5 nitrogen and oxygen atoms in total. The average molecular weight is 166 g/mol. The normalized spacial score (nSPS) is 8.92. The number of hydrogen-bond acceptors (Lipinski definition) is 4. The monoisotopic (exact) mass is 166 g/mol. The molecule has 2 N–H and O–H groups in total. The molecule has 0 unspecified atom stereocenters. The first-order chi connectivity index (χ1) is 5.74. The Morgan fingerprint density at radius 1 is 1.92 bits per heavy atom. The highest BCUT2D eigenvalue weighted by Crippen LogP contribution is 2.05. The van der Waals surface area contributed by atoms with Crippen LogP contribution in [0.15, 0.2) is 10.7 Å². The molecule has 0 spiro atoms. The van der Waals surface area contributed by atoms with Gasteiger partial charge in [-0.1, -0.05) is 5.92 Å². The van der Waals surface area contributed by atoms with Crippen LogP contribution >= 0.6 is 0 Å². The van der Waals surface area contributed by atoms with E-state index in [2.05, 4.69) is 16.2 Å². The fourth-order valence-electron chi connectivity index (χ4n) is 0.580. The highest BCUT2D eigenvalue weighted by Gasteiger charge is 2.08. The summed E-state index contributed by atoms with van der Waals surface area (Å²) in [5, 5.41) is 11.0. The van der Waals surface area contributed by atoms with Crippen LogP contribution in [0.1, 0.15) is 10.5 Å². The molecule has 1 heterocycles. The van der Waals surface area contributed by atoms with Gasteiger partial charge >= 0.3 is 5.97 Å². The van der Waals surface area contributed by atoms with Gasteiger partial charge < -0.3 is 14.8 Å². The first kappa shape index (κ1) is 8.14. The minimum atomic E-state index is -1.13. The molecule has 0 radical (unpaired) electrons.